The molecule has 0 saturated heterocycles. The number of aromatic nitrogens is 2. The largest absolute Gasteiger partial charge is 0.493 e. The average Bonchev–Trinajstić information content (AvgIpc) is 2.71. The van der Waals surface area contributed by atoms with E-state index in [9.17, 15) is 0 Å². The molecule has 1 aromatic carbocycles. The lowest BCUT2D eigenvalue weighted by Gasteiger charge is -2.13. The fraction of sp³-hybridized carbons (Fsp3) is 0.462. The molecule has 2 aromatic rings. The summed E-state index contributed by atoms with van der Waals surface area (Å²) in [4.78, 5) is 3.21. The monoisotopic (exact) mass is 266 g/mol. The van der Waals surface area contributed by atoms with Gasteiger partial charge in [-0.3, -0.25) is 0 Å². The van der Waals surface area contributed by atoms with Crippen LogP contribution in [0.2, 0.25) is 0 Å². The van der Waals surface area contributed by atoms with Crippen LogP contribution in [0.5, 0.6) is 11.5 Å². The van der Waals surface area contributed by atoms with Crippen LogP contribution in [0.15, 0.2) is 12.1 Å². The van der Waals surface area contributed by atoms with E-state index in [2.05, 4.69) is 23.4 Å². The van der Waals surface area contributed by atoms with Gasteiger partial charge in [-0.2, -0.15) is 0 Å². The number of methoxy groups -OCH3 is 2. The molecule has 1 N–H and O–H groups in total. The van der Waals surface area contributed by atoms with E-state index in [1.165, 1.54) is 0 Å². The third-order valence-corrected chi connectivity index (χ3v) is 3.55. The molecule has 0 saturated carbocycles. The van der Waals surface area contributed by atoms with Crippen LogP contribution in [0.1, 0.15) is 26.3 Å². The van der Waals surface area contributed by atoms with Crippen molar-refractivity contribution < 1.29 is 9.47 Å². The van der Waals surface area contributed by atoms with E-state index in [-0.39, 0.29) is 0 Å². The Balaban J connectivity index is 2.74. The Morgan fingerprint density at radius 1 is 1.28 bits per heavy atom. The minimum absolute atomic E-state index is 0.351. The minimum Gasteiger partial charge on any atom is -0.493 e. The number of rotatable bonds is 4. The molecule has 0 amide bonds. The van der Waals surface area contributed by atoms with E-state index in [0.717, 1.165) is 28.0 Å². The molecule has 0 radical (unpaired) electrons. The number of nitrogens with zero attached hydrogens (tertiary/aromatic N) is 1. The van der Waals surface area contributed by atoms with Gasteiger partial charge in [-0.25, -0.2) is 0 Å². The molecule has 0 bridgehead atoms. The molecule has 1 atom stereocenters. The highest BCUT2D eigenvalue weighted by atomic mass is 32.1. The maximum Gasteiger partial charge on any atom is 0.178 e. The summed E-state index contributed by atoms with van der Waals surface area (Å²) in [5.74, 6) is 1.42. The summed E-state index contributed by atoms with van der Waals surface area (Å²) in [5, 5.41) is 0. The Bertz CT molecular complexity index is 615. The summed E-state index contributed by atoms with van der Waals surface area (Å²) in [6.07, 6.45) is 1.02. The van der Waals surface area contributed by atoms with Gasteiger partial charge in [0.2, 0.25) is 0 Å². The lowest BCUT2D eigenvalue weighted by molar-refractivity contribution is 0.355. The van der Waals surface area contributed by atoms with Crippen LogP contribution in [-0.2, 0) is 0 Å². The highest BCUT2D eigenvalue weighted by Gasteiger charge is 2.13. The van der Waals surface area contributed by atoms with Crippen LogP contribution < -0.4 is 9.47 Å². The van der Waals surface area contributed by atoms with Gasteiger partial charge < -0.3 is 19.0 Å². The number of imidazole rings is 1. The van der Waals surface area contributed by atoms with Gasteiger partial charge in [0, 0.05) is 18.2 Å². The standard InChI is InChI=1S/C13H18N2O2S/c1-5-8(2)15-10-7-12(17-4)11(16-3)6-9(10)14-13(15)18/h6-8H,5H2,1-4H3,(H,14,18). The van der Waals surface area contributed by atoms with E-state index in [0.29, 0.717) is 11.8 Å². The molecule has 18 heavy (non-hydrogen) atoms. The van der Waals surface area contributed by atoms with Gasteiger partial charge in [-0.15, -0.1) is 0 Å². The molecule has 0 aliphatic heterocycles. The van der Waals surface area contributed by atoms with Crippen molar-refractivity contribution in [2.75, 3.05) is 14.2 Å². The summed E-state index contributed by atoms with van der Waals surface area (Å²) in [5.41, 5.74) is 2.02. The van der Waals surface area contributed by atoms with Crippen molar-refractivity contribution in [3.05, 3.63) is 16.9 Å². The first kappa shape index (κ1) is 13.0. The zero-order valence-corrected chi connectivity index (χ0v) is 11.9. The van der Waals surface area contributed by atoms with Crippen LogP contribution in [0, 0.1) is 4.77 Å². The Hall–Kier alpha value is -1.49. The number of nitrogens with one attached hydrogen (secondary N) is 1. The maximum absolute atomic E-state index is 5.38. The summed E-state index contributed by atoms with van der Waals surface area (Å²) in [6, 6.07) is 4.24. The quantitative estimate of drug-likeness (QED) is 0.858. The molecule has 4 nitrogen and oxygen atoms in total. The topological polar surface area (TPSA) is 39.2 Å². The van der Waals surface area contributed by atoms with Crippen LogP contribution in [0.25, 0.3) is 11.0 Å². The number of fused-ring (bicyclic) bond motifs is 1. The predicted octanol–water partition coefficient (Wildman–Crippen LogP) is 3.69. The number of benzene rings is 1. The van der Waals surface area contributed by atoms with E-state index < -0.39 is 0 Å². The van der Waals surface area contributed by atoms with Crippen molar-refractivity contribution in [1.29, 1.82) is 0 Å². The first-order chi connectivity index (χ1) is 8.62. The number of H-pyrrole nitrogens is 1. The Morgan fingerprint density at radius 3 is 2.44 bits per heavy atom. The summed E-state index contributed by atoms with van der Waals surface area (Å²) >= 11 is 5.38. The van der Waals surface area contributed by atoms with Gasteiger partial charge in [-0.1, -0.05) is 6.92 Å². The molecule has 98 valence electrons. The SMILES string of the molecule is CCC(C)n1c(=S)[nH]c2cc(OC)c(OC)cc21. The van der Waals surface area contributed by atoms with Crippen molar-refractivity contribution in [2.45, 2.75) is 26.3 Å². The van der Waals surface area contributed by atoms with Crippen LogP contribution >= 0.6 is 12.2 Å². The van der Waals surface area contributed by atoms with E-state index in [4.69, 9.17) is 21.7 Å². The Labute approximate surface area is 112 Å². The molecular formula is C13H18N2O2S. The van der Waals surface area contributed by atoms with Gasteiger partial charge in [0.1, 0.15) is 0 Å². The third kappa shape index (κ3) is 1.99. The first-order valence-corrected chi connectivity index (χ1v) is 6.39. The fourth-order valence-corrected chi connectivity index (χ4v) is 2.46. The predicted molar refractivity (Wildman–Crippen MR) is 75.2 cm³/mol. The Kier molecular flexibility index (Phi) is 3.61. The lowest BCUT2D eigenvalue weighted by Crippen LogP contribution is -2.03. The smallest absolute Gasteiger partial charge is 0.178 e. The van der Waals surface area contributed by atoms with Gasteiger partial charge in [-0.05, 0) is 25.6 Å². The second-order valence-corrected chi connectivity index (χ2v) is 4.67. The van der Waals surface area contributed by atoms with Crippen LogP contribution in [0.4, 0.5) is 0 Å². The molecule has 0 aliphatic carbocycles. The second kappa shape index (κ2) is 5.02. The second-order valence-electron chi connectivity index (χ2n) is 4.28. The summed E-state index contributed by atoms with van der Waals surface area (Å²) < 4.78 is 13.5. The molecule has 2 rings (SSSR count). The van der Waals surface area contributed by atoms with Crippen molar-refractivity contribution in [3.63, 3.8) is 0 Å². The normalized spacial score (nSPS) is 12.7. The van der Waals surface area contributed by atoms with E-state index in [1.54, 1.807) is 14.2 Å². The van der Waals surface area contributed by atoms with E-state index in [1.807, 2.05) is 12.1 Å². The molecular weight excluding hydrogens is 248 g/mol. The zero-order valence-electron chi connectivity index (χ0n) is 11.1. The number of hydrogen-bond acceptors (Lipinski definition) is 3. The van der Waals surface area contributed by atoms with Gasteiger partial charge in [0.25, 0.3) is 0 Å². The van der Waals surface area contributed by atoms with Crippen LogP contribution in [-0.4, -0.2) is 23.8 Å². The minimum atomic E-state index is 0.351. The summed E-state index contributed by atoms with van der Waals surface area (Å²) in [7, 11) is 3.27. The molecule has 5 heteroatoms. The molecule has 1 aromatic heterocycles. The highest BCUT2D eigenvalue weighted by molar-refractivity contribution is 7.71. The van der Waals surface area contributed by atoms with Gasteiger partial charge >= 0.3 is 0 Å². The molecule has 0 aliphatic rings. The summed E-state index contributed by atoms with van der Waals surface area (Å²) in [6.45, 7) is 4.30. The lowest BCUT2D eigenvalue weighted by atomic mass is 10.2. The van der Waals surface area contributed by atoms with E-state index >= 15 is 0 Å². The van der Waals surface area contributed by atoms with Crippen molar-refractivity contribution in [2.24, 2.45) is 0 Å². The number of ether oxygens (including phenoxy) is 2. The zero-order chi connectivity index (χ0) is 13.3. The Morgan fingerprint density at radius 2 is 1.89 bits per heavy atom. The molecule has 1 heterocycles. The van der Waals surface area contributed by atoms with Crippen molar-refractivity contribution in [3.8, 4) is 11.5 Å². The highest BCUT2D eigenvalue weighted by Crippen LogP contribution is 2.33. The molecule has 1 unspecified atom stereocenters. The molecule has 0 spiro atoms. The maximum atomic E-state index is 5.38. The number of hydrogen-bond donors (Lipinski definition) is 1. The van der Waals surface area contributed by atoms with Crippen LogP contribution in [0.3, 0.4) is 0 Å². The fourth-order valence-electron chi connectivity index (χ4n) is 2.07. The van der Waals surface area contributed by atoms with Gasteiger partial charge in [0.05, 0.1) is 25.3 Å². The first-order valence-electron chi connectivity index (χ1n) is 5.98. The van der Waals surface area contributed by atoms with Crippen molar-refractivity contribution >= 4 is 23.3 Å². The third-order valence-electron chi connectivity index (χ3n) is 3.25. The van der Waals surface area contributed by atoms with Gasteiger partial charge in [0.15, 0.2) is 16.3 Å². The average molecular weight is 266 g/mol. The molecule has 0 fully saturated rings. The van der Waals surface area contributed by atoms with Crippen molar-refractivity contribution in [1.82, 2.24) is 9.55 Å². The number of aromatic amines is 1.